The number of benzene rings is 2. The standard InChI is InChI=1S/C24H24N4O3S2/c1-17-7-9-19(10-8-17)33(29,30)27-23-22-20(18-5-3-2-4-6-18)16-32-24(22)26-21(25-23)15-28-11-13-31-14-12-28/h2-10,16H,11-15H2,1H3,(H,25,26,27)/p+1. The molecule has 0 aliphatic carbocycles. The summed E-state index contributed by atoms with van der Waals surface area (Å²) in [5, 5.41) is 2.74. The third kappa shape index (κ3) is 4.77. The molecule has 1 saturated heterocycles. The van der Waals surface area contributed by atoms with Crippen LogP contribution in [0.5, 0.6) is 0 Å². The lowest BCUT2D eigenvalue weighted by Crippen LogP contribution is -3.12. The highest BCUT2D eigenvalue weighted by molar-refractivity contribution is 7.92. The molecular weight excluding hydrogens is 456 g/mol. The van der Waals surface area contributed by atoms with Gasteiger partial charge in [0.05, 0.1) is 23.5 Å². The molecule has 1 aliphatic heterocycles. The van der Waals surface area contributed by atoms with E-state index in [9.17, 15) is 8.42 Å². The van der Waals surface area contributed by atoms with Crippen molar-refractivity contribution in [2.75, 3.05) is 31.0 Å². The van der Waals surface area contributed by atoms with Gasteiger partial charge in [-0.2, -0.15) is 0 Å². The van der Waals surface area contributed by atoms with E-state index in [1.807, 2.05) is 42.6 Å². The Morgan fingerprint density at radius 3 is 2.48 bits per heavy atom. The van der Waals surface area contributed by atoms with Crippen LogP contribution in [-0.4, -0.2) is 44.7 Å². The second kappa shape index (κ2) is 9.18. The van der Waals surface area contributed by atoms with Crippen molar-refractivity contribution >= 4 is 37.4 Å². The Bertz CT molecular complexity index is 1360. The molecule has 0 amide bonds. The van der Waals surface area contributed by atoms with E-state index in [0.717, 1.165) is 40.0 Å². The van der Waals surface area contributed by atoms with Crippen LogP contribution in [0.2, 0.25) is 0 Å². The Balaban J connectivity index is 1.60. The molecule has 0 atom stereocenters. The van der Waals surface area contributed by atoms with Crippen molar-refractivity contribution in [3.8, 4) is 11.1 Å². The minimum Gasteiger partial charge on any atom is -0.370 e. The van der Waals surface area contributed by atoms with Crippen molar-refractivity contribution in [1.29, 1.82) is 0 Å². The lowest BCUT2D eigenvalue weighted by atomic mass is 10.1. The maximum absolute atomic E-state index is 13.2. The average molecular weight is 482 g/mol. The van der Waals surface area contributed by atoms with Crippen molar-refractivity contribution in [1.82, 2.24) is 9.97 Å². The quantitative estimate of drug-likeness (QED) is 0.442. The number of quaternary nitrogens is 1. The first-order chi connectivity index (χ1) is 16.0. The summed E-state index contributed by atoms with van der Waals surface area (Å²) >= 11 is 1.50. The van der Waals surface area contributed by atoms with E-state index >= 15 is 0 Å². The highest BCUT2D eigenvalue weighted by atomic mass is 32.2. The Morgan fingerprint density at radius 1 is 1.03 bits per heavy atom. The van der Waals surface area contributed by atoms with Gasteiger partial charge in [0.25, 0.3) is 10.0 Å². The summed E-state index contributed by atoms with van der Waals surface area (Å²) in [6, 6.07) is 16.7. The molecule has 3 heterocycles. The average Bonchev–Trinajstić information content (AvgIpc) is 3.25. The number of fused-ring (bicyclic) bond motifs is 1. The molecule has 7 nitrogen and oxygen atoms in total. The summed E-state index contributed by atoms with van der Waals surface area (Å²) < 4.78 is 34.7. The first-order valence-electron chi connectivity index (χ1n) is 10.8. The highest BCUT2D eigenvalue weighted by Gasteiger charge is 2.23. The first-order valence-corrected chi connectivity index (χ1v) is 13.2. The number of thiophene rings is 1. The second-order valence-electron chi connectivity index (χ2n) is 8.14. The number of aromatic nitrogens is 2. The van der Waals surface area contributed by atoms with Gasteiger partial charge in [0.15, 0.2) is 11.6 Å². The van der Waals surface area contributed by atoms with Crippen molar-refractivity contribution in [2.24, 2.45) is 0 Å². The molecule has 2 N–H and O–H groups in total. The summed E-state index contributed by atoms with van der Waals surface area (Å²) in [6.07, 6.45) is 0. The van der Waals surface area contributed by atoms with E-state index in [0.29, 0.717) is 31.4 Å². The van der Waals surface area contributed by atoms with Crippen LogP contribution < -0.4 is 9.62 Å². The van der Waals surface area contributed by atoms with E-state index in [4.69, 9.17) is 14.7 Å². The maximum atomic E-state index is 13.2. The number of morpholine rings is 1. The summed E-state index contributed by atoms with van der Waals surface area (Å²) in [5.41, 5.74) is 2.91. The fourth-order valence-electron chi connectivity index (χ4n) is 3.93. The van der Waals surface area contributed by atoms with Gasteiger partial charge in [-0.15, -0.1) is 11.3 Å². The summed E-state index contributed by atoms with van der Waals surface area (Å²) in [5.74, 6) is 0.950. The number of rotatable bonds is 6. The van der Waals surface area contributed by atoms with E-state index in [2.05, 4.69) is 4.72 Å². The van der Waals surface area contributed by atoms with Gasteiger partial charge in [0.1, 0.15) is 24.5 Å². The van der Waals surface area contributed by atoms with E-state index in [1.165, 1.54) is 16.2 Å². The van der Waals surface area contributed by atoms with Gasteiger partial charge in [-0.05, 0) is 24.6 Å². The molecule has 0 radical (unpaired) electrons. The van der Waals surface area contributed by atoms with Crippen LogP contribution in [0.15, 0.2) is 64.9 Å². The Kier molecular flexibility index (Phi) is 6.11. The lowest BCUT2D eigenvalue weighted by molar-refractivity contribution is -0.922. The zero-order valence-corrected chi connectivity index (χ0v) is 19.9. The smallest absolute Gasteiger partial charge is 0.263 e. The zero-order valence-electron chi connectivity index (χ0n) is 18.2. The minimum absolute atomic E-state index is 0.205. The predicted octanol–water partition coefficient (Wildman–Crippen LogP) is 2.88. The molecule has 1 aliphatic rings. The molecule has 0 saturated carbocycles. The van der Waals surface area contributed by atoms with Gasteiger partial charge in [0.2, 0.25) is 0 Å². The van der Waals surface area contributed by atoms with Crippen molar-refractivity contribution in [3.05, 3.63) is 71.4 Å². The van der Waals surface area contributed by atoms with E-state index < -0.39 is 10.0 Å². The normalized spacial score (nSPS) is 15.1. The topological polar surface area (TPSA) is 85.6 Å². The van der Waals surface area contributed by atoms with Crippen LogP contribution in [0.25, 0.3) is 21.3 Å². The molecule has 1 fully saturated rings. The van der Waals surface area contributed by atoms with Gasteiger partial charge in [-0.3, -0.25) is 4.72 Å². The summed E-state index contributed by atoms with van der Waals surface area (Å²) in [4.78, 5) is 11.8. The first kappa shape index (κ1) is 22.0. The van der Waals surface area contributed by atoms with Gasteiger partial charge in [0, 0.05) is 10.9 Å². The van der Waals surface area contributed by atoms with Gasteiger partial charge >= 0.3 is 0 Å². The van der Waals surface area contributed by atoms with Crippen LogP contribution in [0.1, 0.15) is 11.4 Å². The predicted molar refractivity (Wildman–Crippen MR) is 130 cm³/mol. The number of hydrogen-bond acceptors (Lipinski definition) is 6. The molecule has 9 heteroatoms. The van der Waals surface area contributed by atoms with Crippen LogP contribution >= 0.6 is 11.3 Å². The molecule has 4 aromatic rings. The molecule has 5 rings (SSSR count). The van der Waals surface area contributed by atoms with Crippen LogP contribution in [0.4, 0.5) is 5.82 Å². The number of ether oxygens (including phenoxy) is 1. The number of hydrogen-bond donors (Lipinski definition) is 2. The molecule has 0 unspecified atom stereocenters. The number of nitrogens with zero attached hydrogens (tertiary/aromatic N) is 2. The Labute approximate surface area is 197 Å². The third-order valence-corrected chi connectivity index (χ3v) is 7.96. The van der Waals surface area contributed by atoms with Crippen LogP contribution in [-0.2, 0) is 21.3 Å². The molecule has 2 aromatic carbocycles. The second-order valence-corrected chi connectivity index (χ2v) is 10.7. The molecular formula is C24H25N4O3S2+. The summed E-state index contributed by atoms with van der Waals surface area (Å²) in [6.45, 7) is 5.73. The fraction of sp³-hybridized carbons (Fsp3) is 0.250. The fourth-order valence-corrected chi connectivity index (χ4v) is 5.91. The van der Waals surface area contributed by atoms with Crippen molar-refractivity contribution in [3.63, 3.8) is 0 Å². The number of nitrogens with one attached hydrogen (secondary N) is 2. The Morgan fingerprint density at radius 2 is 1.76 bits per heavy atom. The monoisotopic (exact) mass is 481 g/mol. The Hall–Kier alpha value is -2.85. The van der Waals surface area contributed by atoms with Gasteiger partial charge < -0.3 is 9.64 Å². The highest BCUT2D eigenvalue weighted by Crippen LogP contribution is 2.37. The van der Waals surface area contributed by atoms with Gasteiger partial charge in [-0.25, -0.2) is 18.4 Å². The SMILES string of the molecule is Cc1ccc(S(=O)(=O)Nc2nc(C[NH+]3CCOCC3)nc3scc(-c4ccccc4)c23)cc1. The van der Waals surface area contributed by atoms with E-state index in [-0.39, 0.29) is 4.90 Å². The van der Waals surface area contributed by atoms with Crippen LogP contribution in [0, 0.1) is 6.92 Å². The maximum Gasteiger partial charge on any atom is 0.263 e. The van der Waals surface area contributed by atoms with Gasteiger partial charge in [-0.1, -0.05) is 48.0 Å². The van der Waals surface area contributed by atoms with E-state index in [1.54, 1.807) is 24.3 Å². The molecule has 33 heavy (non-hydrogen) atoms. The summed E-state index contributed by atoms with van der Waals surface area (Å²) in [7, 11) is -3.81. The minimum atomic E-state index is -3.81. The van der Waals surface area contributed by atoms with Crippen molar-refractivity contribution in [2.45, 2.75) is 18.4 Å². The molecule has 0 spiro atoms. The van der Waals surface area contributed by atoms with Crippen molar-refractivity contribution < 1.29 is 18.1 Å². The number of anilines is 1. The third-order valence-electron chi connectivity index (χ3n) is 5.74. The number of aryl methyl sites for hydroxylation is 1. The lowest BCUT2D eigenvalue weighted by Gasteiger charge is -2.23. The number of sulfonamides is 1. The van der Waals surface area contributed by atoms with Crippen LogP contribution in [0.3, 0.4) is 0 Å². The zero-order chi connectivity index (χ0) is 22.8. The molecule has 170 valence electrons. The molecule has 2 aromatic heterocycles. The largest absolute Gasteiger partial charge is 0.370 e. The molecule has 0 bridgehead atoms.